The van der Waals surface area contributed by atoms with Crippen molar-refractivity contribution in [2.45, 2.75) is 31.6 Å². The molecule has 3 rings (SSSR count). The molecule has 0 aliphatic rings. The number of carbonyl (C=O) groups is 2. The fourth-order valence-electron chi connectivity index (χ4n) is 3.32. The van der Waals surface area contributed by atoms with E-state index in [0.717, 1.165) is 6.07 Å². The van der Waals surface area contributed by atoms with Crippen LogP contribution in [0, 0.1) is 11.3 Å². The molecule has 0 unspecified atom stereocenters. The van der Waals surface area contributed by atoms with Crippen LogP contribution in [0.15, 0.2) is 45.8 Å². The lowest BCUT2D eigenvalue weighted by atomic mass is 10.1. The Morgan fingerprint density at radius 3 is 2.45 bits per heavy atom. The fraction of sp³-hybridized carbons (Fsp3) is 0.273. The monoisotopic (exact) mass is 470 g/mol. The van der Waals surface area contributed by atoms with Crippen molar-refractivity contribution in [3.63, 3.8) is 0 Å². The van der Waals surface area contributed by atoms with Crippen molar-refractivity contribution in [2.24, 2.45) is 0 Å². The standard InChI is InChI=1S/C22H22N4O6S/c1-3-9-26(10-4-2)33(30,31)15-6-8-19-17(12-15)20(25-32-19)21(27)24-18-7-5-14(13-23)11-16(18)22(28)29/h5-8,11-12H,3-4,9-10H2,1-2H3,(H,24,27)(H,28,29). The number of carboxylic acids is 1. The summed E-state index contributed by atoms with van der Waals surface area (Å²) in [6, 6.07) is 9.78. The lowest BCUT2D eigenvalue weighted by Crippen LogP contribution is -2.32. The van der Waals surface area contributed by atoms with E-state index in [4.69, 9.17) is 9.78 Å². The summed E-state index contributed by atoms with van der Waals surface area (Å²) < 4.78 is 32.8. The Morgan fingerprint density at radius 2 is 1.85 bits per heavy atom. The molecular weight excluding hydrogens is 448 g/mol. The van der Waals surface area contributed by atoms with Crippen molar-refractivity contribution in [1.82, 2.24) is 9.46 Å². The van der Waals surface area contributed by atoms with Crippen LogP contribution in [0.4, 0.5) is 5.69 Å². The van der Waals surface area contributed by atoms with Gasteiger partial charge in [0.25, 0.3) is 5.91 Å². The number of aromatic carboxylic acids is 1. The van der Waals surface area contributed by atoms with Gasteiger partial charge in [0.15, 0.2) is 11.3 Å². The zero-order valence-corrected chi connectivity index (χ0v) is 18.8. The Bertz CT molecular complexity index is 1350. The zero-order valence-electron chi connectivity index (χ0n) is 18.0. The number of fused-ring (bicyclic) bond motifs is 1. The summed E-state index contributed by atoms with van der Waals surface area (Å²) >= 11 is 0. The molecule has 0 atom stereocenters. The topological polar surface area (TPSA) is 154 Å². The van der Waals surface area contributed by atoms with E-state index in [2.05, 4.69) is 10.5 Å². The number of amides is 1. The van der Waals surface area contributed by atoms with Crippen molar-refractivity contribution in [1.29, 1.82) is 5.26 Å². The summed E-state index contributed by atoms with van der Waals surface area (Å²) in [5.74, 6) is -2.11. The number of hydrogen-bond donors (Lipinski definition) is 2. The molecule has 0 saturated heterocycles. The number of hydrogen-bond acceptors (Lipinski definition) is 7. The first kappa shape index (κ1) is 23.9. The van der Waals surface area contributed by atoms with E-state index in [1.807, 2.05) is 19.9 Å². The fourth-order valence-corrected chi connectivity index (χ4v) is 4.97. The second-order valence-electron chi connectivity index (χ2n) is 7.22. The Morgan fingerprint density at radius 1 is 1.15 bits per heavy atom. The molecule has 0 spiro atoms. The molecule has 0 aliphatic heterocycles. The van der Waals surface area contributed by atoms with Crippen LogP contribution >= 0.6 is 0 Å². The van der Waals surface area contributed by atoms with E-state index in [9.17, 15) is 23.1 Å². The molecular formula is C22H22N4O6S. The quantitative estimate of drug-likeness (QED) is 0.482. The molecule has 1 aromatic heterocycles. The van der Waals surface area contributed by atoms with Gasteiger partial charge in [-0.15, -0.1) is 0 Å². The average Bonchev–Trinajstić information content (AvgIpc) is 3.22. The van der Waals surface area contributed by atoms with E-state index >= 15 is 0 Å². The number of sulfonamides is 1. The Kier molecular flexibility index (Phi) is 7.10. The third kappa shape index (κ3) is 4.87. The summed E-state index contributed by atoms with van der Waals surface area (Å²) in [6.07, 6.45) is 1.30. The molecule has 0 fully saturated rings. The maximum atomic E-state index is 13.1. The van der Waals surface area contributed by atoms with Crippen LogP contribution < -0.4 is 5.32 Å². The molecule has 33 heavy (non-hydrogen) atoms. The van der Waals surface area contributed by atoms with Crippen LogP contribution in [0.2, 0.25) is 0 Å². The highest BCUT2D eigenvalue weighted by atomic mass is 32.2. The molecule has 10 nitrogen and oxygen atoms in total. The van der Waals surface area contributed by atoms with E-state index in [1.165, 1.54) is 34.6 Å². The highest BCUT2D eigenvalue weighted by molar-refractivity contribution is 7.89. The SMILES string of the molecule is CCCN(CCC)S(=O)(=O)c1ccc2onc(C(=O)Nc3ccc(C#N)cc3C(=O)O)c2c1. The van der Waals surface area contributed by atoms with Crippen molar-refractivity contribution >= 4 is 38.6 Å². The number of nitrogens with zero attached hydrogens (tertiary/aromatic N) is 3. The van der Waals surface area contributed by atoms with Gasteiger partial charge in [0, 0.05) is 13.1 Å². The number of carbonyl (C=O) groups excluding carboxylic acids is 1. The van der Waals surface area contributed by atoms with Gasteiger partial charge in [-0.3, -0.25) is 4.79 Å². The number of aromatic nitrogens is 1. The van der Waals surface area contributed by atoms with E-state index < -0.39 is 21.9 Å². The summed E-state index contributed by atoms with van der Waals surface area (Å²) in [6.45, 7) is 4.50. The first-order valence-electron chi connectivity index (χ1n) is 10.2. The van der Waals surface area contributed by atoms with Crippen molar-refractivity contribution in [3.8, 4) is 6.07 Å². The maximum absolute atomic E-state index is 13.1. The molecule has 0 saturated carbocycles. The molecule has 172 valence electrons. The third-order valence-corrected chi connectivity index (χ3v) is 6.76. The summed E-state index contributed by atoms with van der Waals surface area (Å²) in [4.78, 5) is 24.4. The summed E-state index contributed by atoms with van der Waals surface area (Å²) in [5, 5.41) is 24.7. The van der Waals surface area contributed by atoms with Gasteiger partial charge in [-0.05, 0) is 49.2 Å². The normalized spacial score (nSPS) is 11.5. The number of rotatable bonds is 9. The Balaban J connectivity index is 2.00. The first-order chi connectivity index (χ1) is 15.7. The number of anilines is 1. The van der Waals surface area contributed by atoms with Gasteiger partial charge in [0.2, 0.25) is 10.0 Å². The predicted octanol–water partition coefficient (Wildman–Crippen LogP) is 3.46. The lowest BCUT2D eigenvalue weighted by Gasteiger charge is -2.20. The lowest BCUT2D eigenvalue weighted by molar-refractivity contribution is 0.0698. The highest BCUT2D eigenvalue weighted by Crippen LogP contribution is 2.26. The minimum Gasteiger partial charge on any atom is -0.478 e. The molecule has 1 amide bonds. The molecule has 0 radical (unpaired) electrons. The van der Waals surface area contributed by atoms with Crippen LogP contribution in [0.3, 0.4) is 0 Å². The van der Waals surface area contributed by atoms with Crippen molar-refractivity contribution in [2.75, 3.05) is 18.4 Å². The Labute approximate surface area is 190 Å². The first-order valence-corrected chi connectivity index (χ1v) is 11.6. The van der Waals surface area contributed by atoms with Gasteiger partial charge in [0.1, 0.15) is 0 Å². The molecule has 0 bridgehead atoms. The number of benzene rings is 2. The van der Waals surface area contributed by atoms with Crippen molar-refractivity contribution in [3.05, 3.63) is 53.2 Å². The average molecular weight is 471 g/mol. The molecule has 1 heterocycles. The number of nitriles is 1. The third-order valence-electron chi connectivity index (χ3n) is 4.87. The van der Waals surface area contributed by atoms with Crippen LogP contribution in [-0.2, 0) is 10.0 Å². The number of nitrogens with one attached hydrogen (secondary N) is 1. The van der Waals surface area contributed by atoms with Crippen LogP contribution in [0.1, 0.15) is 53.1 Å². The minimum atomic E-state index is -3.80. The van der Waals surface area contributed by atoms with E-state index in [-0.39, 0.29) is 38.4 Å². The van der Waals surface area contributed by atoms with Gasteiger partial charge in [0.05, 0.1) is 33.2 Å². The molecule has 2 aromatic carbocycles. The van der Waals surface area contributed by atoms with Crippen LogP contribution in [0.25, 0.3) is 11.0 Å². The predicted molar refractivity (Wildman–Crippen MR) is 119 cm³/mol. The van der Waals surface area contributed by atoms with Gasteiger partial charge >= 0.3 is 5.97 Å². The second-order valence-corrected chi connectivity index (χ2v) is 9.16. The van der Waals surface area contributed by atoms with Crippen LogP contribution in [0.5, 0.6) is 0 Å². The highest BCUT2D eigenvalue weighted by Gasteiger charge is 2.26. The summed E-state index contributed by atoms with van der Waals surface area (Å²) in [5.41, 5.74) is -0.178. The largest absolute Gasteiger partial charge is 0.478 e. The van der Waals surface area contributed by atoms with Gasteiger partial charge in [-0.25, -0.2) is 13.2 Å². The number of carboxylic acid groups (broad SMARTS) is 1. The minimum absolute atomic E-state index is 0.00116. The Hall–Kier alpha value is -3.75. The van der Waals surface area contributed by atoms with Gasteiger partial charge < -0.3 is 14.9 Å². The molecule has 0 aliphatic carbocycles. The molecule has 2 N–H and O–H groups in total. The van der Waals surface area contributed by atoms with E-state index in [1.54, 1.807) is 0 Å². The smallest absolute Gasteiger partial charge is 0.337 e. The van der Waals surface area contributed by atoms with E-state index in [0.29, 0.717) is 25.9 Å². The zero-order chi connectivity index (χ0) is 24.2. The molecule has 3 aromatic rings. The van der Waals surface area contributed by atoms with Gasteiger partial charge in [-0.1, -0.05) is 19.0 Å². The maximum Gasteiger partial charge on any atom is 0.337 e. The van der Waals surface area contributed by atoms with Crippen molar-refractivity contribution < 1.29 is 27.6 Å². The van der Waals surface area contributed by atoms with Gasteiger partial charge in [-0.2, -0.15) is 9.57 Å². The second kappa shape index (κ2) is 9.81. The summed E-state index contributed by atoms with van der Waals surface area (Å²) in [7, 11) is -3.80. The van der Waals surface area contributed by atoms with Crippen LogP contribution in [-0.4, -0.2) is 48.0 Å². The molecule has 11 heteroatoms.